The number of aryl methyl sites for hydroxylation is 1. The lowest BCUT2D eigenvalue weighted by atomic mass is 10.00. The number of rotatable bonds is 5. The van der Waals surface area contributed by atoms with E-state index in [4.69, 9.17) is 18.9 Å². The maximum Gasteiger partial charge on any atom is 0.319 e. The highest BCUT2D eigenvalue weighted by atomic mass is 16.7. The summed E-state index contributed by atoms with van der Waals surface area (Å²) in [5.41, 5.74) is 1.14. The van der Waals surface area contributed by atoms with Crippen LogP contribution in [0, 0.1) is 5.92 Å². The van der Waals surface area contributed by atoms with Crippen LogP contribution in [0.4, 0.5) is 5.69 Å². The van der Waals surface area contributed by atoms with Crippen molar-refractivity contribution in [2.24, 2.45) is 5.92 Å². The minimum absolute atomic E-state index is 0.251. The zero-order valence-corrected chi connectivity index (χ0v) is 17.0. The predicted molar refractivity (Wildman–Crippen MR) is 103 cm³/mol. The molecule has 154 valence electrons. The van der Waals surface area contributed by atoms with Crippen LogP contribution in [-0.4, -0.2) is 50.6 Å². The summed E-state index contributed by atoms with van der Waals surface area (Å²) in [6, 6.07) is 5.67. The van der Waals surface area contributed by atoms with Crippen molar-refractivity contribution in [3.63, 3.8) is 0 Å². The molecule has 3 rings (SSSR count). The lowest BCUT2D eigenvalue weighted by Gasteiger charge is -2.28. The van der Waals surface area contributed by atoms with Crippen LogP contribution in [0.1, 0.15) is 39.2 Å². The average molecular weight is 391 g/mol. The average Bonchev–Trinajstić information content (AvgIpc) is 3.10. The van der Waals surface area contributed by atoms with Crippen LogP contribution in [-0.2, 0) is 30.2 Å². The van der Waals surface area contributed by atoms with Crippen LogP contribution in [0.5, 0.6) is 5.75 Å². The summed E-state index contributed by atoms with van der Waals surface area (Å²) < 4.78 is 21.9. The van der Waals surface area contributed by atoms with E-state index < -0.39 is 17.5 Å². The van der Waals surface area contributed by atoms with Gasteiger partial charge in [0.05, 0.1) is 26.0 Å². The smallest absolute Gasteiger partial charge is 0.319 e. The third kappa shape index (κ3) is 4.83. The molecule has 7 heteroatoms. The summed E-state index contributed by atoms with van der Waals surface area (Å²) >= 11 is 0. The molecular weight excluding hydrogens is 362 g/mol. The minimum Gasteiger partial charge on any atom is -0.497 e. The van der Waals surface area contributed by atoms with Gasteiger partial charge in [0, 0.05) is 19.0 Å². The fraction of sp³-hybridized carbons (Fsp3) is 0.619. The van der Waals surface area contributed by atoms with Crippen molar-refractivity contribution in [3.05, 3.63) is 23.8 Å². The second kappa shape index (κ2) is 8.49. The molecule has 0 aromatic heterocycles. The van der Waals surface area contributed by atoms with Gasteiger partial charge in [0.15, 0.2) is 6.29 Å². The zero-order chi connectivity index (χ0) is 20.3. The first-order valence-corrected chi connectivity index (χ1v) is 9.73. The Morgan fingerprint density at radius 3 is 2.61 bits per heavy atom. The summed E-state index contributed by atoms with van der Waals surface area (Å²) in [5, 5.41) is 0. The number of hydrogen-bond acceptors (Lipinski definition) is 6. The van der Waals surface area contributed by atoms with Gasteiger partial charge in [-0.2, -0.15) is 0 Å². The summed E-state index contributed by atoms with van der Waals surface area (Å²) in [7, 11) is 1.59. The van der Waals surface area contributed by atoms with Gasteiger partial charge < -0.3 is 23.8 Å². The number of fused-ring (bicyclic) bond motifs is 1. The molecular formula is C21H29NO6. The summed E-state index contributed by atoms with van der Waals surface area (Å²) in [5.74, 6) is -0.890. The van der Waals surface area contributed by atoms with Crippen LogP contribution in [0.25, 0.3) is 0 Å². The lowest BCUT2D eigenvalue weighted by molar-refractivity contribution is -0.162. The standard InChI is InChI=1S/C21H29NO6/c1-21(2,3)28-20(24)16-8-6-14-5-7-15(25-4)13-17(14)22(19(16)23)10-9-18-26-11-12-27-18/h5,7,13,16,18H,6,8-12H2,1-4H3/t16-/m1/s1. The Kier molecular flexibility index (Phi) is 6.25. The first-order valence-electron chi connectivity index (χ1n) is 9.73. The van der Waals surface area contributed by atoms with Crippen LogP contribution in [0.2, 0.25) is 0 Å². The molecule has 0 unspecified atom stereocenters. The maximum atomic E-state index is 13.3. The second-order valence-electron chi connectivity index (χ2n) is 8.07. The van der Waals surface area contributed by atoms with E-state index in [1.807, 2.05) is 18.2 Å². The summed E-state index contributed by atoms with van der Waals surface area (Å²) in [4.78, 5) is 27.7. The largest absolute Gasteiger partial charge is 0.497 e. The lowest BCUT2D eigenvalue weighted by Crippen LogP contribution is -2.42. The SMILES string of the molecule is COc1ccc2c(c1)N(CCC1OCCO1)C(=O)[C@H](C(=O)OC(C)(C)C)CC2. The quantitative estimate of drug-likeness (QED) is 0.568. The zero-order valence-electron chi connectivity index (χ0n) is 17.0. The highest BCUT2D eigenvalue weighted by Gasteiger charge is 2.38. The monoisotopic (exact) mass is 391 g/mol. The Hall–Kier alpha value is -2.12. The number of esters is 1. The third-order valence-electron chi connectivity index (χ3n) is 4.82. The van der Waals surface area contributed by atoms with E-state index in [2.05, 4.69) is 0 Å². The number of carbonyl (C=O) groups is 2. The molecule has 2 aliphatic rings. The molecule has 2 aliphatic heterocycles. The Bertz CT molecular complexity index is 720. The van der Waals surface area contributed by atoms with Crippen molar-refractivity contribution in [3.8, 4) is 5.75 Å². The second-order valence-corrected chi connectivity index (χ2v) is 8.07. The van der Waals surface area contributed by atoms with Gasteiger partial charge >= 0.3 is 5.97 Å². The number of amides is 1. The van der Waals surface area contributed by atoms with Gasteiger partial charge in [-0.25, -0.2) is 0 Å². The molecule has 0 N–H and O–H groups in total. The molecule has 28 heavy (non-hydrogen) atoms. The van der Waals surface area contributed by atoms with Crippen molar-refractivity contribution in [2.45, 2.75) is 51.9 Å². The molecule has 0 saturated carbocycles. The number of hydrogen-bond donors (Lipinski definition) is 0. The molecule has 0 radical (unpaired) electrons. The summed E-state index contributed by atoms with van der Waals surface area (Å²) in [6.45, 7) is 6.92. The normalized spacial score (nSPS) is 20.6. The molecule has 7 nitrogen and oxygen atoms in total. The molecule has 0 bridgehead atoms. The van der Waals surface area contributed by atoms with Crippen LogP contribution in [0.15, 0.2) is 18.2 Å². The number of benzene rings is 1. The van der Waals surface area contributed by atoms with E-state index >= 15 is 0 Å². The molecule has 0 aliphatic carbocycles. The molecule has 1 aromatic rings. The Morgan fingerprint density at radius 1 is 1.25 bits per heavy atom. The van der Waals surface area contributed by atoms with Crippen molar-refractivity contribution < 1.29 is 28.5 Å². The highest BCUT2D eigenvalue weighted by molar-refractivity contribution is 6.07. The van der Waals surface area contributed by atoms with Crippen LogP contribution >= 0.6 is 0 Å². The molecule has 1 amide bonds. The molecule has 1 aromatic carbocycles. The number of nitrogens with zero attached hydrogens (tertiary/aromatic N) is 1. The van der Waals surface area contributed by atoms with Gasteiger partial charge in [0.2, 0.25) is 5.91 Å². The molecule has 0 spiro atoms. The molecule has 1 fully saturated rings. The number of methoxy groups -OCH3 is 1. The Labute approximate surface area is 165 Å². The minimum atomic E-state index is -0.831. The Morgan fingerprint density at radius 2 is 1.96 bits per heavy atom. The van der Waals surface area contributed by atoms with Gasteiger partial charge in [0.25, 0.3) is 0 Å². The molecule has 1 saturated heterocycles. The van der Waals surface area contributed by atoms with Gasteiger partial charge in [-0.15, -0.1) is 0 Å². The molecule has 2 heterocycles. The predicted octanol–water partition coefficient (Wildman–Crippen LogP) is 2.70. The first kappa shape index (κ1) is 20.6. The first-order chi connectivity index (χ1) is 13.3. The fourth-order valence-corrected chi connectivity index (χ4v) is 3.49. The number of ether oxygens (including phenoxy) is 4. The van der Waals surface area contributed by atoms with E-state index in [1.165, 1.54) is 0 Å². The van der Waals surface area contributed by atoms with Crippen molar-refractivity contribution >= 4 is 17.6 Å². The van der Waals surface area contributed by atoms with Crippen molar-refractivity contribution in [1.82, 2.24) is 0 Å². The van der Waals surface area contributed by atoms with E-state index in [9.17, 15) is 9.59 Å². The number of carbonyl (C=O) groups excluding carboxylic acids is 2. The third-order valence-corrected chi connectivity index (χ3v) is 4.82. The van der Waals surface area contributed by atoms with Gasteiger partial charge in [-0.05, 0) is 45.2 Å². The number of anilines is 1. The fourth-order valence-electron chi connectivity index (χ4n) is 3.49. The van der Waals surface area contributed by atoms with Crippen LogP contribution in [0.3, 0.4) is 0 Å². The van der Waals surface area contributed by atoms with Crippen molar-refractivity contribution in [1.29, 1.82) is 0 Å². The van der Waals surface area contributed by atoms with E-state index in [0.717, 1.165) is 11.3 Å². The van der Waals surface area contributed by atoms with Crippen molar-refractivity contribution in [2.75, 3.05) is 31.8 Å². The van der Waals surface area contributed by atoms with Gasteiger partial charge in [-0.3, -0.25) is 9.59 Å². The van der Waals surface area contributed by atoms with E-state index in [-0.39, 0.29) is 12.2 Å². The van der Waals surface area contributed by atoms with Crippen LogP contribution < -0.4 is 9.64 Å². The van der Waals surface area contributed by atoms with E-state index in [1.54, 1.807) is 32.8 Å². The summed E-state index contributed by atoms with van der Waals surface area (Å²) in [6.07, 6.45) is 1.23. The van der Waals surface area contributed by atoms with E-state index in [0.29, 0.717) is 44.8 Å². The van der Waals surface area contributed by atoms with Gasteiger partial charge in [0.1, 0.15) is 17.3 Å². The maximum absolute atomic E-state index is 13.3. The highest BCUT2D eigenvalue weighted by Crippen LogP contribution is 2.34. The Balaban J connectivity index is 1.87. The molecule has 1 atom stereocenters. The topological polar surface area (TPSA) is 74.3 Å². The van der Waals surface area contributed by atoms with Gasteiger partial charge in [-0.1, -0.05) is 6.07 Å².